The highest BCUT2D eigenvalue weighted by atomic mass is 32.1. The van der Waals surface area contributed by atoms with Crippen LogP contribution in [0, 0.1) is 0 Å². The van der Waals surface area contributed by atoms with Crippen molar-refractivity contribution in [3.63, 3.8) is 0 Å². The average molecular weight is 428 g/mol. The van der Waals surface area contributed by atoms with Crippen molar-refractivity contribution in [2.45, 2.75) is 26.2 Å². The van der Waals surface area contributed by atoms with E-state index in [0.717, 1.165) is 24.0 Å². The van der Waals surface area contributed by atoms with E-state index in [-0.39, 0.29) is 0 Å². The Labute approximate surface area is 189 Å². The second-order valence-electron chi connectivity index (χ2n) is 7.07. The van der Waals surface area contributed by atoms with Gasteiger partial charge in [-0.2, -0.15) is 0 Å². The Morgan fingerprint density at radius 3 is 2.10 bits per heavy atom. The first-order chi connectivity index (χ1) is 15.2. The second kappa shape index (κ2) is 11.7. The van der Waals surface area contributed by atoms with Gasteiger partial charge < -0.3 is 4.84 Å². The first kappa shape index (κ1) is 22.3. The number of hydrogen-bond acceptors (Lipinski definition) is 4. The molecule has 0 aliphatic carbocycles. The van der Waals surface area contributed by atoms with Gasteiger partial charge in [-0.25, -0.2) is 4.79 Å². The zero-order valence-electron chi connectivity index (χ0n) is 17.5. The maximum Gasteiger partial charge on any atom is 0.365 e. The highest BCUT2D eigenvalue weighted by molar-refractivity contribution is 7.81. The minimum absolute atomic E-state index is 0.470. The van der Waals surface area contributed by atoms with E-state index in [1.54, 1.807) is 24.3 Å². The molecule has 0 aliphatic rings. The molecule has 4 heteroatoms. The summed E-state index contributed by atoms with van der Waals surface area (Å²) in [4.78, 5) is 18.0. The van der Waals surface area contributed by atoms with Gasteiger partial charge in [0.25, 0.3) is 0 Å². The second-order valence-corrected chi connectivity index (χ2v) is 7.51. The van der Waals surface area contributed by atoms with Gasteiger partial charge in [-0.05, 0) is 53.8 Å². The Kier molecular flexibility index (Phi) is 8.44. The lowest BCUT2D eigenvalue weighted by atomic mass is 10.0. The summed E-state index contributed by atoms with van der Waals surface area (Å²) in [7, 11) is 0. The van der Waals surface area contributed by atoms with Crippen molar-refractivity contribution in [1.82, 2.24) is 0 Å². The lowest BCUT2D eigenvalue weighted by Gasteiger charge is -2.04. The standard InChI is InChI=1S/C27H25NO2S/c1-2-3-14-25(28-30-27(29)24-12-8-5-9-13-24)19-20-26(31)23-17-15-22(16-18-23)21-10-6-4-7-11-21/h4-13,15-20H,2-3,14H2,1H3. The van der Waals surface area contributed by atoms with Crippen LogP contribution >= 0.6 is 12.2 Å². The first-order valence-electron chi connectivity index (χ1n) is 10.4. The van der Waals surface area contributed by atoms with Gasteiger partial charge in [-0.1, -0.05) is 104 Å². The molecule has 0 spiro atoms. The number of thiocarbonyl (C=S) groups is 1. The molecule has 0 heterocycles. The molecule has 0 atom stereocenters. The number of nitrogens with zero attached hydrogens (tertiary/aromatic N) is 1. The van der Waals surface area contributed by atoms with E-state index in [4.69, 9.17) is 17.1 Å². The molecule has 3 aromatic carbocycles. The molecule has 3 nitrogen and oxygen atoms in total. The molecule has 31 heavy (non-hydrogen) atoms. The van der Waals surface area contributed by atoms with Gasteiger partial charge in [0.15, 0.2) is 0 Å². The van der Waals surface area contributed by atoms with Crippen molar-refractivity contribution >= 4 is 28.8 Å². The quantitative estimate of drug-likeness (QED) is 0.0919. The Morgan fingerprint density at radius 1 is 0.839 bits per heavy atom. The predicted octanol–water partition coefficient (Wildman–Crippen LogP) is 7.03. The molecule has 3 rings (SSSR count). The molecule has 0 fully saturated rings. The van der Waals surface area contributed by atoms with Crippen molar-refractivity contribution in [3.05, 3.63) is 108 Å². The summed E-state index contributed by atoms with van der Waals surface area (Å²) in [6.07, 6.45) is 6.36. The molecule has 0 aliphatic heterocycles. The van der Waals surface area contributed by atoms with Crippen LogP contribution < -0.4 is 0 Å². The number of carbonyl (C=O) groups is 1. The zero-order valence-corrected chi connectivity index (χ0v) is 18.3. The number of allylic oxidation sites excluding steroid dienone is 2. The van der Waals surface area contributed by atoms with Gasteiger partial charge in [0, 0.05) is 4.86 Å². The van der Waals surface area contributed by atoms with Crippen LogP contribution in [0.2, 0.25) is 0 Å². The van der Waals surface area contributed by atoms with Gasteiger partial charge >= 0.3 is 5.97 Å². The lowest BCUT2D eigenvalue weighted by Crippen LogP contribution is -2.04. The number of benzene rings is 3. The van der Waals surface area contributed by atoms with Crippen molar-refractivity contribution in [3.8, 4) is 11.1 Å². The average Bonchev–Trinajstić information content (AvgIpc) is 2.84. The van der Waals surface area contributed by atoms with Crippen LogP contribution in [0.15, 0.2) is 102 Å². The maximum absolute atomic E-state index is 12.2. The molecule has 0 aromatic heterocycles. The molecule has 0 saturated heterocycles. The monoisotopic (exact) mass is 427 g/mol. The van der Waals surface area contributed by atoms with E-state index in [1.165, 1.54) is 5.56 Å². The summed E-state index contributed by atoms with van der Waals surface area (Å²) in [5.41, 5.74) is 4.44. The number of carbonyl (C=O) groups excluding carboxylic acids is 1. The van der Waals surface area contributed by atoms with Crippen LogP contribution in [0.4, 0.5) is 0 Å². The highest BCUT2D eigenvalue weighted by Gasteiger charge is 2.07. The fraction of sp³-hybridized carbons (Fsp3) is 0.148. The van der Waals surface area contributed by atoms with Gasteiger partial charge in [0.05, 0.1) is 11.3 Å². The molecule has 156 valence electrons. The molecule has 0 bridgehead atoms. The molecule has 0 amide bonds. The fourth-order valence-electron chi connectivity index (χ4n) is 2.97. The van der Waals surface area contributed by atoms with E-state index >= 15 is 0 Å². The van der Waals surface area contributed by atoms with Crippen molar-refractivity contribution in [2.24, 2.45) is 5.16 Å². The third-order valence-electron chi connectivity index (χ3n) is 4.75. The fourth-order valence-corrected chi connectivity index (χ4v) is 3.17. The van der Waals surface area contributed by atoms with E-state index < -0.39 is 5.97 Å². The Hall–Kier alpha value is -3.37. The Balaban J connectivity index is 1.68. The van der Waals surface area contributed by atoms with Gasteiger partial charge in [-0.3, -0.25) is 0 Å². The first-order valence-corrected chi connectivity index (χ1v) is 10.8. The van der Waals surface area contributed by atoms with E-state index in [9.17, 15) is 4.79 Å². The number of hydrogen-bond donors (Lipinski definition) is 0. The summed E-state index contributed by atoms with van der Waals surface area (Å²) in [6, 6.07) is 27.2. The summed E-state index contributed by atoms with van der Waals surface area (Å²) < 4.78 is 0. The SMILES string of the molecule is CCCCC(C=CC(=S)c1ccc(-c2ccccc2)cc1)=NOC(=O)c1ccccc1. The van der Waals surface area contributed by atoms with Crippen LogP contribution in [-0.2, 0) is 4.84 Å². The minimum Gasteiger partial charge on any atom is -0.313 e. The van der Waals surface area contributed by atoms with Crippen molar-refractivity contribution < 1.29 is 9.63 Å². The van der Waals surface area contributed by atoms with Crippen molar-refractivity contribution in [2.75, 3.05) is 0 Å². The van der Waals surface area contributed by atoms with Crippen LogP contribution in [-0.4, -0.2) is 16.5 Å². The number of oxime groups is 1. The van der Waals surface area contributed by atoms with E-state index in [2.05, 4.69) is 36.3 Å². The molecule has 3 aromatic rings. The summed E-state index contributed by atoms with van der Waals surface area (Å²) in [5.74, 6) is -0.470. The summed E-state index contributed by atoms with van der Waals surface area (Å²) >= 11 is 5.57. The largest absolute Gasteiger partial charge is 0.365 e. The topological polar surface area (TPSA) is 38.7 Å². The molecule has 0 unspecified atom stereocenters. The predicted molar refractivity (Wildman–Crippen MR) is 132 cm³/mol. The van der Waals surface area contributed by atoms with Crippen LogP contribution in [0.25, 0.3) is 11.1 Å². The smallest absolute Gasteiger partial charge is 0.313 e. The van der Waals surface area contributed by atoms with Crippen LogP contribution in [0.1, 0.15) is 42.1 Å². The highest BCUT2D eigenvalue weighted by Crippen LogP contribution is 2.19. The van der Waals surface area contributed by atoms with Gasteiger partial charge in [0.1, 0.15) is 0 Å². The van der Waals surface area contributed by atoms with E-state index in [0.29, 0.717) is 22.6 Å². The van der Waals surface area contributed by atoms with Gasteiger partial charge in [-0.15, -0.1) is 0 Å². The number of rotatable bonds is 9. The van der Waals surface area contributed by atoms with Gasteiger partial charge in [0.2, 0.25) is 0 Å². The summed E-state index contributed by atoms with van der Waals surface area (Å²) in [6.45, 7) is 2.11. The third-order valence-corrected chi connectivity index (χ3v) is 5.12. The third kappa shape index (κ3) is 6.83. The Morgan fingerprint density at radius 2 is 1.45 bits per heavy atom. The minimum atomic E-state index is -0.470. The maximum atomic E-state index is 12.2. The molecule has 0 radical (unpaired) electrons. The molecular weight excluding hydrogens is 402 g/mol. The zero-order chi connectivity index (χ0) is 21.9. The number of unbranched alkanes of at least 4 members (excludes halogenated alkanes) is 1. The Bertz CT molecular complexity index is 1060. The molecule has 0 saturated carbocycles. The lowest BCUT2D eigenvalue weighted by molar-refractivity contribution is 0.0516. The molecular formula is C27H25NO2S. The van der Waals surface area contributed by atoms with Crippen LogP contribution in [0.5, 0.6) is 0 Å². The van der Waals surface area contributed by atoms with Crippen LogP contribution in [0.3, 0.4) is 0 Å². The van der Waals surface area contributed by atoms with E-state index in [1.807, 2.05) is 48.6 Å². The van der Waals surface area contributed by atoms with Crippen molar-refractivity contribution in [1.29, 1.82) is 0 Å². The summed E-state index contributed by atoms with van der Waals surface area (Å²) in [5, 5.41) is 4.08. The normalized spacial score (nSPS) is 11.5. The molecule has 0 N–H and O–H groups in total.